The molecule has 2 N–H and O–H groups in total. The molecule has 0 unspecified atom stereocenters. The summed E-state index contributed by atoms with van der Waals surface area (Å²) in [5, 5.41) is 6.74. The van der Waals surface area contributed by atoms with Gasteiger partial charge in [0.05, 0.1) is 14.2 Å². The van der Waals surface area contributed by atoms with Crippen LogP contribution in [0.15, 0.2) is 23.2 Å². The largest absolute Gasteiger partial charge is 0.493 e. The molecule has 1 aromatic rings. The van der Waals surface area contributed by atoms with Crippen LogP contribution in [0.1, 0.15) is 44.1 Å². The first kappa shape index (κ1) is 18.4. The van der Waals surface area contributed by atoms with Crippen LogP contribution < -0.4 is 20.1 Å². The second-order valence-corrected chi connectivity index (χ2v) is 6.30. The average Bonchev–Trinajstić information content (AvgIpc) is 3.14. The van der Waals surface area contributed by atoms with Gasteiger partial charge in [-0.15, -0.1) is 0 Å². The minimum absolute atomic E-state index is 0.642. The third-order valence-electron chi connectivity index (χ3n) is 4.71. The van der Waals surface area contributed by atoms with Crippen LogP contribution in [0.2, 0.25) is 0 Å². The Labute approximate surface area is 145 Å². The standard InChI is InChI=1S/C19H31N3O2/c1-20-19(21-13-7-10-15-8-4-5-9-15)22-14-16-11-6-12-17(23-2)18(16)24-3/h6,11-12,15H,4-5,7-10,13-14H2,1-3H3,(H2,20,21,22). The molecule has 0 spiro atoms. The van der Waals surface area contributed by atoms with E-state index in [1.807, 2.05) is 18.2 Å². The van der Waals surface area contributed by atoms with Gasteiger partial charge in [0.25, 0.3) is 0 Å². The first-order valence-electron chi connectivity index (χ1n) is 8.92. The van der Waals surface area contributed by atoms with Gasteiger partial charge in [0.1, 0.15) is 0 Å². The van der Waals surface area contributed by atoms with Crippen LogP contribution >= 0.6 is 0 Å². The average molecular weight is 333 g/mol. The highest BCUT2D eigenvalue weighted by molar-refractivity contribution is 5.79. The second-order valence-electron chi connectivity index (χ2n) is 6.30. The van der Waals surface area contributed by atoms with Gasteiger partial charge in [-0.3, -0.25) is 4.99 Å². The van der Waals surface area contributed by atoms with Gasteiger partial charge in [-0.05, 0) is 24.8 Å². The van der Waals surface area contributed by atoms with Crippen molar-refractivity contribution in [2.75, 3.05) is 27.8 Å². The Morgan fingerprint density at radius 1 is 1.17 bits per heavy atom. The zero-order valence-electron chi connectivity index (χ0n) is 15.2. The van der Waals surface area contributed by atoms with Crippen molar-refractivity contribution in [3.8, 4) is 11.5 Å². The summed E-state index contributed by atoms with van der Waals surface area (Å²) < 4.78 is 10.8. The molecule has 0 heterocycles. The maximum atomic E-state index is 5.46. The van der Waals surface area contributed by atoms with E-state index in [4.69, 9.17) is 9.47 Å². The van der Waals surface area contributed by atoms with Crippen molar-refractivity contribution >= 4 is 5.96 Å². The Balaban J connectivity index is 1.77. The summed E-state index contributed by atoms with van der Waals surface area (Å²) in [5.74, 6) is 3.29. The lowest BCUT2D eigenvalue weighted by molar-refractivity contribution is 0.351. The fraction of sp³-hybridized carbons (Fsp3) is 0.632. The maximum absolute atomic E-state index is 5.46. The highest BCUT2D eigenvalue weighted by atomic mass is 16.5. The van der Waals surface area contributed by atoms with Crippen LogP contribution in [-0.4, -0.2) is 33.8 Å². The van der Waals surface area contributed by atoms with E-state index < -0.39 is 0 Å². The van der Waals surface area contributed by atoms with Crippen molar-refractivity contribution in [1.29, 1.82) is 0 Å². The third-order valence-corrected chi connectivity index (χ3v) is 4.71. The maximum Gasteiger partial charge on any atom is 0.191 e. The van der Waals surface area contributed by atoms with Crippen LogP contribution in [-0.2, 0) is 6.54 Å². The van der Waals surface area contributed by atoms with E-state index in [1.165, 1.54) is 38.5 Å². The van der Waals surface area contributed by atoms with Crippen LogP contribution in [0, 0.1) is 5.92 Å². The molecule has 0 radical (unpaired) electrons. The van der Waals surface area contributed by atoms with Gasteiger partial charge in [-0.1, -0.05) is 37.8 Å². The normalized spacial score (nSPS) is 15.4. The molecule has 1 aliphatic carbocycles. The third kappa shape index (κ3) is 5.32. The quantitative estimate of drug-likeness (QED) is 0.435. The lowest BCUT2D eigenvalue weighted by Crippen LogP contribution is -2.37. The number of benzene rings is 1. The predicted molar refractivity (Wildman–Crippen MR) is 98.9 cm³/mol. The van der Waals surface area contributed by atoms with E-state index in [2.05, 4.69) is 15.6 Å². The minimum Gasteiger partial charge on any atom is -0.493 e. The number of aliphatic imine (C=N–C) groups is 1. The van der Waals surface area contributed by atoms with Crippen molar-refractivity contribution in [2.24, 2.45) is 10.9 Å². The van der Waals surface area contributed by atoms with Crippen molar-refractivity contribution in [1.82, 2.24) is 10.6 Å². The number of nitrogens with one attached hydrogen (secondary N) is 2. The highest BCUT2D eigenvalue weighted by Gasteiger charge is 2.14. The molecule has 0 atom stereocenters. The van der Waals surface area contributed by atoms with Crippen molar-refractivity contribution in [2.45, 2.75) is 45.1 Å². The van der Waals surface area contributed by atoms with Gasteiger partial charge in [-0.2, -0.15) is 0 Å². The van der Waals surface area contributed by atoms with Crippen molar-refractivity contribution < 1.29 is 9.47 Å². The molecule has 1 aliphatic rings. The van der Waals surface area contributed by atoms with E-state index in [0.717, 1.165) is 35.5 Å². The zero-order valence-corrected chi connectivity index (χ0v) is 15.2. The number of guanidine groups is 1. The van der Waals surface area contributed by atoms with Gasteiger partial charge in [0, 0.05) is 25.7 Å². The predicted octanol–water partition coefficient (Wildman–Crippen LogP) is 3.34. The highest BCUT2D eigenvalue weighted by Crippen LogP contribution is 2.30. The molecule has 2 rings (SSSR count). The summed E-state index contributed by atoms with van der Waals surface area (Å²) >= 11 is 0. The van der Waals surface area contributed by atoms with Gasteiger partial charge in [0.2, 0.25) is 0 Å². The van der Waals surface area contributed by atoms with Gasteiger partial charge in [0.15, 0.2) is 17.5 Å². The molecule has 24 heavy (non-hydrogen) atoms. The molecule has 5 heteroatoms. The summed E-state index contributed by atoms with van der Waals surface area (Å²) in [5.41, 5.74) is 1.05. The molecule has 1 saturated carbocycles. The van der Waals surface area contributed by atoms with Gasteiger partial charge < -0.3 is 20.1 Å². The van der Waals surface area contributed by atoms with E-state index in [1.54, 1.807) is 21.3 Å². The fourth-order valence-electron chi connectivity index (χ4n) is 3.39. The molecule has 0 aromatic heterocycles. The van der Waals surface area contributed by atoms with E-state index in [9.17, 15) is 0 Å². The number of para-hydroxylation sites is 1. The topological polar surface area (TPSA) is 54.9 Å². The molecule has 0 saturated heterocycles. The van der Waals surface area contributed by atoms with Gasteiger partial charge in [-0.25, -0.2) is 0 Å². The molecular weight excluding hydrogens is 302 g/mol. The first-order chi connectivity index (χ1) is 11.8. The Bertz CT molecular complexity index is 525. The summed E-state index contributed by atoms with van der Waals surface area (Å²) in [4.78, 5) is 4.29. The number of hydrogen-bond acceptors (Lipinski definition) is 3. The second kappa shape index (κ2) is 10.1. The summed E-state index contributed by atoms with van der Waals surface area (Å²) in [6, 6.07) is 5.90. The lowest BCUT2D eigenvalue weighted by atomic mass is 10.0. The molecule has 0 bridgehead atoms. The molecule has 0 aliphatic heterocycles. The Hall–Kier alpha value is -1.91. The summed E-state index contributed by atoms with van der Waals surface area (Å²) in [6.07, 6.45) is 8.21. The molecular formula is C19H31N3O2. The number of rotatable bonds is 8. The van der Waals surface area contributed by atoms with Crippen molar-refractivity contribution in [3.05, 3.63) is 23.8 Å². The SMILES string of the molecule is CN=C(NCCCC1CCCC1)NCc1cccc(OC)c1OC. The van der Waals surface area contributed by atoms with Crippen LogP contribution in [0.3, 0.4) is 0 Å². The smallest absolute Gasteiger partial charge is 0.191 e. The number of hydrogen-bond donors (Lipinski definition) is 2. The molecule has 1 aromatic carbocycles. The molecule has 1 fully saturated rings. The van der Waals surface area contributed by atoms with E-state index in [-0.39, 0.29) is 0 Å². The van der Waals surface area contributed by atoms with Crippen molar-refractivity contribution in [3.63, 3.8) is 0 Å². The first-order valence-corrected chi connectivity index (χ1v) is 8.92. The lowest BCUT2D eigenvalue weighted by Gasteiger charge is -2.16. The summed E-state index contributed by atoms with van der Waals surface area (Å²) in [7, 11) is 5.12. The van der Waals surface area contributed by atoms with E-state index in [0.29, 0.717) is 6.54 Å². The molecule has 0 amide bonds. The van der Waals surface area contributed by atoms with Gasteiger partial charge >= 0.3 is 0 Å². The summed E-state index contributed by atoms with van der Waals surface area (Å²) in [6.45, 7) is 1.61. The monoisotopic (exact) mass is 333 g/mol. The van der Waals surface area contributed by atoms with E-state index >= 15 is 0 Å². The van der Waals surface area contributed by atoms with Crippen LogP contribution in [0.4, 0.5) is 0 Å². The molecule has 134 valence electrons. The Kier molecular flexibility index (Phi) is 7.72. The zero-order chi connectivity index (χ0) is 17.2. The van der Waals surface area contributed by atoms with Crippen LogP contribution in [0.5, 0.6) is 11.5 Å². The fourth-order valence-corrected chi connectivity index (χ4v) is 3.39. The Morgan fingerprint density at radius 3 is 2.62 bits per heavy atom. The van der Waals surface area contributed by atoms with Crippen LogP contribution in [0.25, 0.3) is 0 Å². The number of methoxy groups -OCH3 is 2. The number of ether oxygens (including phenoxy) is 2. The number of nitrogens with zero attached hydrogens (tertiary/aromatic N) is 1. The minimum atomic E-state index is 0.642. The Morgan fingerprint density at radius 2 is 1.96 bits per heavy atom. The molecule has 5 nitrogen and oxygen atoms in total.